The Morgan fingerprint density at radius 3 is 1.88 bits per heavy atom. The Balaban J connectivity index is 2.33. The van der Waals surface area contributed by atoms with Crippen molar-refractivity contribution < 1.29 is 0 Å². The predicted molar refractivity (Wildman–Crippen MR) is 48.8 cm³/mol. The van der Waals surface area contributed by atoms with E-state index in [4.69, 9.17) is 0 Å². The molecule has 0 aliphatic heterocycles. The van der Waals surface area contributed by atoms with Crippen molar-refractivity contribution in [1.29, 1.82) is 0 Å². The van der Waals surface area contributed by atoms with Crippen LogP contribution in [0.5, 0.6) is 0 Å². The van der Waals surface area contributed by atoms with Gasteiger partial charge < -0.3 is 0 Å². The van der Waals surface area contributed by atoms with Gasteiger partial charge in [-0.2, -0.15) is 0 Å². The minimum atomic E-state index is 0.461. The number of halogens is 2. The van der Waals surface area contributed by atoms with Crippen LogP contribution >= 0.6 is 38.5 Å². The SMILES string of the molecule is BrC1(I)CCCCC1. The van der Waals surface area contributed by atoms with Crippen molar-refractivity contribution in [2.45, 2.75) is 34.4 Å². The van der Waals surface area contributed by atoms with E-state index in [2.05, 4.69) is 38.5 Å². The summed E-state index contributed by atoms with van der Waals surface area (Å²) in [4.78, 5) is 0. The van der Waals surface area contributed by atoms with Crippen molar-refractivity contribution in [1.82, 2.24) is 0 Å². The van der Waals surface area contributed by atoms with Gasteiger partial charge in [-0.3, -0.25) is 0 Å². The minimum absolute atomic E-state index is 0.461. The van der Waals surface area contributed by atoms with Gasteiger partial charge in [0.25, 0.3) is 0 Å². The Morgan fingerprint density at radius 2 is 1.62 bits per heavy atom. The Kier molecular flexibility index (Phi) is 2.62. The molecule has 1 rings (SSSR count). The van der Waals surface area contributed by atoms with E-state index in [9.17, 15) is 0 Å². The smallest absolute Gasteiger partial charge is 0.0737 e. The molecule has 0 heterocycles. The summed E-state index contributed by atoms with van der Waals surface area (Å²) in [5.74, 6) is 0. The van der Waals surface area contributed by atoms with Crippen LogP contribution in [0.1, 0.15) is 32.1 Å². The van der Waals surface area contributed by atoms with Crippen LogP contribution in [0.25, 0.3) is 0 Å². The van der Waals surface area contributed by atoms with Crippen molar-refractivity contribution in [3.8, 4) is 0 Å². The molecule has 0 spiro atoms. The molecule has 1 fully saturated rings. The second-order valence-corrected chi connectivity index (χ2v) is 7.48. The summed E-state index contributed by atoms with van der Waals surface area (Å²) in [5, 5.41) is 0. The quantitative estimate of drug-likeness (QED) is 0.473. The highest BCUT2D eigenvalue weighted by Gasteiger charge is 2.24. The molecule has 0 N–H and O–H groups in total. The maximum absolute atomic E-state index is 3.68. The van der Waals surface area contributed by atoms with Gasteiger partial charge in [-0.25, -0.2) is 0 Å². The summed E-state index contributed by atoms with van der Waals surface area (Å²) in [7, 11) is 0. The Hall–Kier alpha value is 1.21. The summed E-state index contributed by atoms with van der Waals surface area (Å²) in [6, 6.07) is 0. The molecule has 0 unspecified atom stereocenters. The lowest BCUT2D eigenvalue weighted by Crippen LogP contribution is -2.14. The van der Waals surface area contributed by atoms with E-state index >= 15 is 0 Å². The second kappa shape index (κ2) is 2.86. The van der Waals surface area contributed by atoms with Gasteiger partial charge in [0.1, 0.15) is 0 Å². The maximum Gasteiger partial charge on any atom is 0.0770 e. The van der Waals surface area contributed by atoms with Gasteiger partial charge in [-0.15, -0.1) is 0 Å². The van der Waals surface area contributed by atoms with Crippen molar-refractivity contribution in [3.63, 3.8) is 0 Å². The fraction of sp³-hybridized carbons (Fsp3) is 1.00. The van der Waals surface area contributed by atoms with Crippen molar-refractivity contribution in [3.05, 3.63) is 0 Å². The first-order valence-corrected chi connectivity index (χ1v) is 4.96. The van der Waals surface area contributed by atoms with E-state index in [1.54, 1.807) is 0 Å². The summed E-state index contributed by atoms with van der Waals surface area (Å²) < 4.78 is 0.461. The van der Waals surface area contributed by atoms with E-state index in [0.717, 1.165) is 0 Å². The minimum Gasteiger partial charge on any atom is -0.0737 e. The van der Waals surface area contributed by atoms with Gasteiger partial charge in [0.15, 0.2) is 0 Å². The van der Waals surface area contributed by atoms with Crippen LogP contribution in [0.15, 0.2) is 0 Å². The third-order valence-corrected chi connectivity index (χ3v) is 3.46. The van der Waals surface area contributed by atoms with E-state index in [-0.39, 0.29) is 0 Å². The number of alkyl halides is 2. The summed E-state index contributed by atoms with van der Waals surface area (Å²) in [5.41, 5.74) is 0. The molecule has 1 aliphatic rings. The first kappa shape index (κ1) is 7.32. The fourth-order valence-corrected chi connectivity index (χ4v) is 2.39. The standard InChI is InChI=1S/C6H10BrI/c7-6(8)4-2-1-3-5-6/h1-5H2. The predicted octanol–water partition coefficient (Wildman–Crippen LogP) is 3.48. The van der Waals surface area contributed by atoms with E-state index in [1.165, 1.54) is 32.1 Å². The molecule has 0 aromatic rings. The molecular formula is C6H10BrI. The van der Waals surface area contributed by atoms with Crippen LogP contribution in [-0.2, 0) is 0 Å². The zero-order valence-corrected chi connectivity index (χ0v) is 8.53. The highest BCUT2D eigenvalue weighted by molar-refractivity contribution is 14.1. The molecule has 1 aliphatic carbocycles. The Morgan fingerprint density at radius 1 is 1.12 bits per heavy atom. The normalized spacial score (nSPS) is 27.8. The average Bonchev–Trinajstić information content (AvgIpc) is 1.65. The first-order chi connectivity index (χ1) is 3.71. The molecule has 0 atom stereocenters. The molecule has 2 heteroatoms. The Bertz CT molecular complexity index is 72.6. The third kappa shape index (κ3) is 2.21. The molecule has 0 nitrogen and oxygen atoms in total. The van der Waals surface area contributed by atoms with Gasteiger partial charge in [0, 0.05) is 0 Å². The molecule has 0 aromatic carbocycles. The molecule has 0 radical (unpaired) electrons. The molecular weight excluding hydrogens is 279 g/mol. The number of hydrogen-bond acceptors (Lipinski definition) is 0. The Labute approximate surface area is 72.7 Å². The molecule has 1 saturated carbocycles. The molecule has 0 saturated heterocycles. The zero-order chi connectivity index (χ0) is 6.04. The van der Waals surface area contributed by atoms with Gasteiger partial charge >= 0.3 is 0 Å². The van der Waals surface area contributed by atoms with Crippen LogP contribution < -0.4 is 0 Å². The highest BCUT2D eigenvalue weighted by atomic mass is 127. The van der Waals surface area contributed by atoms with Crippen molar-refractivity contribution in [2.75, 3.05) is 0 Å². The van der Waals surface area contributed by atoms with Gasteiger partial charge in [0.05, 0.1) is 2.33 Å². The molecule has 0 bridgehead atoms. The van der Waals surface area contributed by atoms with E-state index < -0.39 is 0 Å². The highest BCUT2D eigenvalue weighted by Crippen LogP contribution is 2.41. The topological polar surface area (TPSA) is 0 Å². The molecule has 8 heavy (non-hydrogen) atoms. The van der Waals surface area contributed by atoms with Crippen LogP contribution in [-0.4, -0.2) is 2.33 Å². The summed E-state index contributed by atoms with van der Waals surface area (Å²) >= 11 is 6.19. The summed E-state index contributed by atoms with van der Waals surface area (Å²) in [6.07, 6.45) is 6.97. The maximum atomic E-state index is 3.68. The number of rotatable bonds is 0. The third-order valence-electron chi connectivity index (χ3n) is 1.59. The van der Waals surface area contributed by atoms with Crippen LogP contribution in [0.3, 0.4) is 0 Å². The van der Waals surface area contributed by atoms with Crippen molar-refractivity contribution >= 4 is 38.5 Å². The number of hydrogen-bond donors (Lipinski definition) is 0. The molecule has 48 valence electrons. The van der Waals surface area contributed by atoms with Crippen LogP contribution in [0.4, 0.5) is 0 Å². The lowest BCUT2D eigenvalue weighted by atomic mass is 10.0. The van der Waals surface area contributed by atoms with Gasteiger partial charge in [-0.05, 0) is 12.8 Å². The zero-order valence-electron chi connectivity index (χ0n) is 4.79. The fourth-order valence-electron chi connectivity index (χ4n) is 1.07. The monoisotopic (exact) mass is 288 g/mol. The molecule has 0 aromatic heterocycles. The van der Waals surface area contributed by atoms with Crippen LogP contribution in [0, 0.1) is 0 Å². The summed E-state index contributed by atoms with van der Waals surface area (Å²) in [6.45, 7) is 0. The second-order valence-electron chi connectivity index (χ2n) is 2.42. The van der Waals surface area contributed by atoms with Crippen LogP contribution in [0.2, 0.25) is 0 Å². The lowest BCUT2D eigenvalue weighted by Gasteiger charge is -2.24. The average molecular weight is 289 g/mol. The molecule has 0 amide bonds. The van der Waals surface area contributed by atoms with Gasteiger partial charge in [-0.1, -0.05) is 57.8 Å². The first-order valence-electron chi connectivity index (χ1n) is 3.09. The lowest BCUT2D eigenvalue weighted by molar-refractivity contribution is 0.510. The largest absolute Gasteiger partial charge is 0.0770 e. The van der Waals surface area contributed by atoms with Gasteiger partial charge in [0.2, 0.25) is 0 Å². The van der Waals surface area contributed by atoms with Crippen molar-refractivity contribution in [2.24, 2.45) is 0 Å². The van der Waals surface area contributed by atoms with E-state index in [0.29, 0.717) is 2.33 Å². The van der Waals surface area contributed by atoms with E-state index in [1.807, 2.05) is 0 Å².